The van der Waals surface area contributed by atoms with Crippen molar-refractivity contribution in [1.29, 1.82) is 0 Å². The van der Waals surface area contributed by atoms with Crippen molar-refractivity contribution in [3.8, 4) is 0 Å². The van der Waals surface area contributed by atoms with E-state index in [-0.39, 0.29) is 24.0 Å². The van der Waals surface area contributed by atoms with Gasteiger partial charge in [-0.15, -0.1) is 35.3 Å². The minimum Gasteiger partial charge on any atom is -0.351 e. The monoisotopic (exact) mass is 444 g/mol. The Hall–Kier alpha value is -1.15. The molecule has 0 radical (unpaired) electrons. The molecule has 2 aromatic rings. The van der Waals surface area contributed by atoms with Crippen LogP contribution in [0.3, 0.4) is 0 Å². The quantitative estimate of drug-likeness (QED) is 0.429. The zero-order chi connectivity index (χ0) is 15.9. The summed E-state index contributed by atoms with van der Waals surface area (Å²) in [5.74, 6) is 1.36. The van der Waals surface area contributed by atoms with Gasteiger partial charge in [-0.1, -0.05) is 44.2 Å². The van der Waals surface area contributed by atoms with Crippen molar-refractivity contribution >= 4 is 41.3 Å². The molecule has 0 bridgehead atoms. The minimum atomic E-state index is 0. The van der Waals surface area contributed by atoms with E-state index < -0.39 is 0 Å². The molecule has 0 fully saturated rings. The van der Waals surface area contributed by atoms with E-state index in [0.29, 0.717) is 12.5 Å². The summed E-state index contributed by atoms with van der Waals surface area (Å²) in [4.78, 5) is 11.1. The lowest BCUT2D eigenvalue weighted by Crippen LogP contribution is -2.38. The Labute approximate surface area is 160 Å². The van der Waals surface area contributed by atoms with Crippen LogP contribution < -0.4 is 5.32 Å². The van der Waals surface area contributed by atoms with E-state index in [4.69, 9.17) is 0 Å². The topological polar surface area (TPSA) is 40.5 Å². The molecule has 0 amide bonds. The van der Waals surface area contributed by atoms with E-state index in [1.807, 2.05) is 20.2 Å². The summed E-state index contributed by atoms with van der Waals surface area (Å²) in [5, 5.41) is 6.68. The van der Waals surface area contributed by atoms with Gasteiger partial charge in [0.2, 0.25) is 0 Å². The predicted octanol–water partition coefficient (Wildman–Crippen LogP) is 4.09. The van der Waals surface area contributed by atoms with E-state index in [2.05, 4.69) is 63.7 Å². The number of nitrogens with one attached hydrogen (secondary N) is 1. The lowest BCUT2D eigenvalue weighted by molar-refractivity contribution is 0.476. The van der Waals surface area contributed by atoms with Crippen molar-refractivity contribution in [2.75, 3.05) is 14.1 Å². The molecular formula is C17H25IN4S. The van der Waals surface area contributed by atoms with Crippen LogP contribution in [0.4, 0.5) is 0 Å². The summed E-state index contributed by atoms with van der Waals surface area (Å²) >= 11 is 1.72. The lowest BCUT2D eigenvalue weighted by Gasteiger charge is -2.21. The van der Waals surface area contributed by atoms with Crippen molar-refractivity contribution < 1.29 is 0 Å². The number of hydrogen-bond acceptors (Lipinski definition) is 3. The number of thiazole rings is 1. The van der Waals surface area contributed by atoms with Crippen LogP contribution >= 0.6 is 35.3 Å². The van der Waals surface area contributed by atoms with E-state index >= 15 is 0 Å². The summed E-state index contributed by atoms with van der Waals surface area (Å²) < 4.78 is 0. The Morgan fingerprint density at radius 2 is 2.00 bits per heavy atom. The highest BCUT2D eigenvalue weighted by Gasteiger charge is 2.09. The number of guanidine groups is 1. The van der Waals surface area contributed by atoms with Gasteiger partial charge in [0, 0.05) is 31.9 Å². The molecule has 1 heterocycles. The van der Waals surface area contributed by atoms with Crippen LogP contribution in [0.2, 0.25) is 0 Å². The predicted molar refractivity (Wildman–Crippen MR) is 110 cm³/mol. The van der Waals surface area contributed by atoms with Crippen molar-refractivity contribution in [3.63, 3.8) is 0 Å². The smallest absolute Gasteiger partial charge is 0.194 e. The van der Waals surface area contributed by atoms with E-state index in [1.54, 1.807) is 11.3 Å². The first-order valence-electron chi connectivity index (χ1n) is 7.50. The maximum atomic E-state index is 4.64. The van der Waals surface area contributed by atoms with Crippen molar-refractivity contribution in [2.24, 2.45) is 4.99 Å². The third-order valence-corrected chi connectivity index (χ3v) is 4.52. The molecule has 0 spiro atoms. The van der Waals surface area contributed by atoms with Crippen molar-refractivity contribution in [3.05, 3.63) is 52.0 Å². The minimum absolute atomic E-state index is 0. The Kier molecular flexibility index (Phi) is 8.54. The number of aromatic nitrogens is 1. The molecule has 1 aromatic heterocycles. The third kappa shape index (κ3) is 6.10. The van der Waals surface area contributed by atoms with E-state index in [0.717, 1.165) is 18.2 Å². The molecule has 2 rings (SSSR count). The van der Waals surface area contributed by atoms with E-state index in [9.17, 15) is 0 Å². The van der Waals surface area contributed by atoms with Crippen LogP contribution in [0, 0.1) is 0 Å². The molecule has 126 valence electrons. The summed E-state index contributed by atoms with van der Waals surface area (Å²) in [6.07, 6.45) is 0. The third-order valence-electron chi connectivity index (χ3n) is 3.33. The highest BCUT2D eigenvalue weighted by atomic mass is 127. The maximum absolute atomic E-state index is 4.64. The SMILES string of the molecule is CN=C(NCc1csc(C(C)C)n1)N(C)Cc1ccccc1.I. The Balaban J connectivity index is 0.00000264. The zero-order valence-corrected chi connectivity index (χ0v) is 17.3. The molecular weight excluding hydrogens is 419 g/mol. The number of halogens is 1. The van der Waals surface area contributed by atoms with Crippen molar-refractivity contribution in [1.82, 2.24) is 15.2 Å². The van der Waals surface area contributed by atoms with Gasteiger partial charge in [-0.3, -0.25) is 4.99 Å². The number of nitrogens with zero attached hydrogens (tertiary/aromatic N) is 3. The fraction of sp³-hybridized carbons (Fsp3) is 0.412. The molecule has 0 saturated carbocycles. The molecule has 6 heteroatoms. The second-order valence-corrected chi connectivity index (χ2v) is 6.46. The van der Waals surface area contributed by atoms with Gasteiger partial charge in [0.1, 0.15) is 0 Å². The Bertz CT molecular complexity index is 610. The van der Waals surface area contributed by atoms with Crippen LogP contribution in [-0.4, -0.2) is 29.9 Å². The normalized spacial score (nSPS) is 11.3. The van der Waals surface area contributed by atoms with Gasteiger partial charge in [0.15, 0.2) is 5.96 Å². The maximum Gasteiger partial charge on any atom is 0.194 e. The van der Waals surface area contributed by atoms with Crippen LogP contribution in [-0.2, 0) is 13.1 Å². The molecule has 1 N–H and O–H groups in total. The highest BCUT2D eigenvalue weighted by molar-refractivity contribution is 14.0. The lowest BCUT2D eigenvalue weighted by atomic mass is 10.2. The molecule has 0 saturated heterocycles. The largest absolute Gasteiger partial charge is 0.351 e. The average molecular weight is 444 g/mol. The fourth-order valence-corrected chi connectivity index (χ4v) is 2.99. The number of rotatable bonds is 5. The molecule has 4 nitrogen and oxygen atoms in total. The Morgan fingerprint density at radius 3 is 2.57 bits per heavy atom. The van der Waals surface area contributed by atoms with Gasteiger partial charge in [-0.25, -0.2) is 4.98 Å². The van der Waals surface area contributed by atoms with Crippen LogP contribution in [0.25, 0.3) is 0 Å². The number of hydrogen-bond donors (Lipinski definition) is 1. The highest BCUT2D eigenvalue weighted by Crippen LogP contribution is 2.18. The summed E-state index contributed by atoms with van der Waals surface area (Å²) in [7, 11) is 3.85. The molecule has 23 heavy (non-hydrogen) atoms. The fourth-order valence-electron chi connectivity index (χ4n) is 2.16. The zero-order valence-electron chi connectivity index (χ0n) is 14.1. The molecule has 1 aromatic carbocycles. The van der Waals surface area contributed by atoms with Gasteiger partial charge in [-0.2, -0.15) is 0 Å². The van der Waals surface area contributed by atoms with Gasteiger partial charge in [-0.05, 0) is 5.56 Å². The van der Waals surface area contributed by atoms with Crippen LogP contribution in [0.1, 0.15) is 36.0 Å². The first-order chi connectivity index (χ1) is 10.6. The standard InChI is InChI=1S/C17H24N4S.HI/c1-13(2)16-20-15(12-22-16)10-19-17(18-3)21(4)11-14-8-6-5-7-9-14;/h5-9,12-13H,10-11H2,1-4H3,(H,18,19);1H. The molecule has 0 atom stereocenters. The summed E-state index contributed by atoms with van der Waals surface area (Å²) in [6, 6.07) is 10.4. The van der Waals surface area contributed by atoms with Crippen LogP contribution in [0.15, 0.2) is 40.7 Å². The van der Waals surface area contributed by atoms with Crippen molar-refractivity contribution in [2.45, 2.75) is 32.9 Å². The molecule has 0 unspecified atom stereocenters. The first kappa shape index (κ1) is 19.9. The second-order valence-electron chi connectivity index (χ2n) is 5.57. The average Bonchev–Trinajstić information content (AvgIpc) is 2.98. The number of benzene rings is 1. The van der Waals surface area contributed by atoms with Crippen LogP contribution in [0.5, 0.6) is 0 Å². The first-order valence-corrected chi connectivity index (χ1v) is 8.38. The molecule has 0 aliphatic rings. The molecule has 0 aliphatic heterocycles. The van der Waals surface area contributed by atoms with Gasteiger partial charge in [0.25, 0.3) is 0 Å². The van der Waals surface area contributed by atoms with Gasteiger partial charge >= 0.3 is 0 Å². The van der Waals surface area contributed by atoms with Gasteiger partial charge in [0.05, 0.1) is 17.2 Å². The molecule has 0 aliphatic carbocycles. The summed E-state index contributed by atoms with van der Waals surface area (Å²) in [6.45, 7) is 5.87. The number of aliphatic imine (C=N–C) groups is 1. The second kappa shape index (κ2) is 9.87. The summed E-state index contributed by atoms with van der Waals surface area (Å²) in [5.41, 5.74) is 2.34. The van der Waals surface area contributed by atoms with E-state index in [1.165, 1.54) is 10.6 Å². The Morgan fingerprint density at radius 1 is 1.30 bits per heavy atom. The van der Waals surface area contributed by atoms with Gasteiger partial charge < -0.3 is 10.2 Å².